The van der Waals surface area contributed by atoms with Gasteiger partial charge in [0.2, 0.25) is 0 Å². The Morgan fingerprint density at radius 3 is 2.29 bits per heavy atom. The monoisotopic (exact) mass is 461 g/mol. The van der Waals surface area contributed by atoms with Crippen LogP contribution in [0.4, 0.5) is 5.69 Å². The highest BCUT2D eigenvalue weighted by Crippen LogP contribution is 2.40. The Balaban J connectivity index is 2.06. The second-order valence-corrected chi connectivity index (χ2v) is 7.75. The summed E-state index contributed by atoms with van der Waals surface area (Å²) in [6, 6.07) is 8.27. The molecule has 7 nitrogen and oxygen atoms in total. The highest BCUT2D eigenvalue weighted by atomic mass is 35.5. The van der Waals surface area contributed by atoms with Gasteiger partial charge in [-0.1, -0.05) is 17.7 Å². The van der Waals surface area contributed by atoms with Crippen molar-refractivity contribution in [3.63, 3.8) is 0 Å². The maximum absolute atomic E-state index is 13.3. The molecule has 1 unspecified atom stereocenters. The van der Waals surface area contributed by atoms with Gasteiger partial charge in [-0.25, -0.2) is 0 Å². The summed E-state index contributed by atoms with van der Waals surface area (Å²) in [5.74, 6) is 1.24. The van der Waals surface area contributed by atoms with Crippen molar-refractivity contribution in [3.8, 4) is 17.2 Å². The normalized spacial score (nSPS) is 15.7. The number of anilines is 1. The maximum atomic E-state index is 13.3. The number of hydrogen-bond acceptors (Lipinski definition) is 5. The molecule has 3 N–H and O–H groups in total. The van der Waals surface area contributed by atoms with Crippen LogP contribution in [0, 0.1) is 6.92 Å². The summed E-state index contributed by atoms with van der Waals surface area (Å²) in [4.78, 5) is 13.3. The lowest BCUT2D eigenvalue weighted by Gasteiger charge is -2.31. The molecule has 164 valence electrons. The second kappa shape index (κ2) is 9.45. The first-order valence-electron chi connectivity index (χ1n) is 9.44. The quantitative estimate of drug-likeness (QED) is 0.558. The van der Waals surface area contributed by atoms with E-state index in [1.165, 1.54) is 0 Å². The molecular formula is C22H24ClN3O4S. The lowest BCUT2D eigenvalue weighted by molar-refractivity contribution is -0.113. The van der Waals surface area contributed by atoms with Crippen LogP contribution in [0.2, 0.25) is 5.02 Å². The third-order valence-electron chi connectivity index (χ3n) is 4.99. The third kappa shape index (κ3) is 4.70. The summed E-state index contributed by atoms with van der Waals surface area (Å²) in [6.45, 7) is 3.69. The molecule has 0 fully saturated rings. The van der Waals surface area contributed by atoms with Gasteiger partial charge >= 0.3 is 0 Å². The molecule has 2 aromatic rings. The highest BCUT2D eigenvalue weighted by Gasteiger charge is 2.33. The van der Waals surface area contributed by atoms with Crippen molar-refractivity contribution in [2.24, 2.45) is 0 Å². The molecule has 0 saturated carbocycles. The third-order valence-corrected chi connectivity index (χ3v) is 5.62. The van der Waals surface area contributed by atoms with Crippen molar-refractivity contribution in [2.45, 2.75) is 19.9 Å². The molecule has 1 atom stereocenters. The Labute approximate surface area is 191 Å². The van der Waals surface area contributed by atoms with E-state index in [-0.39, 0.29) is 5.91 Å². The van der Waals surface area contributed by atoms with Crippen LogP contribution >= 0.6 is 23.8 Å². The number of amides is 1. The van der Waals surface area contributed by atoms with E-state index < -0.39 is 6.04 Å². The van der Waals surface area contributed by atoms with E-state index in [0.717, 1.165) is 5.56 Å². The number of rotatable bonds is 6. The Kier molecular flexibility index (Phi) is 6.92. The van der Waals surface area contributed by atoms with Crippen molar-refractivity contribution in [1.82, 2.24) is 10.6 Å². The van der Waals surface area contributed by atoms with E-state index in [2.05, 4.69) is 16.0 Å². The van der Waals surface area contributed by atoms with Crippen molar-refractivity contribution in [2.75, 3.05) is 26.6 Å². The smallest absolute Gasteiger partial charge is 0.255 e. The molecule has 0 saturated heterocycles. The standard InChI is InChI=1S/C22H24ClN3O4S/c1-11-6-7-13(8-15(11)23)25-21(27)19-12(2)24-22(31)26-20(19)14-9-17(29-4)18(30-5)10-16(14)28-3/h6-10,20H,1-5H3,(H,25,27)(H2,24,26,31). The predicted molar refractivity (Wildman–Crippen MR) is 125 cm³/mol. The van der Waals surface area contributed by atoms with Crippen molar-refractivity contribution >= 4 is 40.5 Å². The number of allylic oxidation sites excluding steroid dienone is 1. The van der Waals surface area contributed by atoms with Gasteiger partial charge in [0, 0.05) is 28.0 Å². The molecule has 3 rings (SSSR count). The van der Waals surface area contributed by atoms with Gasteiger partial charge in [0.05, 0.1) is 32.9 Å². The minimum absolute atomic E-state index is 0.304. The van der Waals surface area contributed by atoms with Crippen LogP contribution in [0.25, 0.3) is 0 Å². The van der Waals surface area contributed by atoms with E-state index in [1.807, 2.05) is 13.0 Å². The minimum atomic E-state index is -0.579. The SMILES string of the molecule is COc1cc(OC)c(C2NC(=S)NC(C)=C2C(=O)Nc2ccc(C)c(Cl)c2)cc1OC. The zero-order valence-electron chi connectivity index (χ0n) is 17.9. The fraction of sp³-hybridized carbons (Fsp3) is 0.273. The molecule has 0 spiro atoms. The van der Waals surface area contributed by atoms with Gasteiger partial charge in [-0.05, 0) is 49.8 Å². The lowest BCUT2D eigenvalue weighted by Crippen LogP contribution is -2.45. The van der Waals surface area contributed by atoms with Crippen LogP contribution in [0.5, 0.6) is 17.2 Å². The summed E-state index contributed by atoms with van der Waals surface area (Å²) >= 11 is 11.6. The first-order valence-corrected chi connectivity index (χ1v) is 10.2. The number of halogens is 1. The van der Waals surface area contributed by atoms with E-state index >= 15 is 0 Å². The molecule has 0 aromatic heterocycles. The fourth-order valence-corrected chi connectivity index (χ4v) is 3.83. The topological polar surface area (TPSA) is 80.9 Å². The molecule has 9 heteroatoms. The van der Waals surface area contributed by atoms with Crippen LogP contribution < -0.4 is 30.2 Å². The Hall–Kier alpha value is -2.97. The van der Waals surface area contributed by atoms with Crippen LogP contribution in [-0.2, 0) is 4.79 Å². The number of nitrogens with one attached hydrogen (secondary N) is 3. The summed E-state index contributed by atoms with van der Waals surface area (Å²) in [7, 11) is 4.64. The van der Waals surface area contributed by atoms with E-state index in [4.69, 9.17) is 38.0 Å². The molecule has 0 aliphatic carbocycles. The Morgan fingerprint density at radius 2 is 1.68 bits per heavy atom. The van der Waals surface area contributed by atoms with Gasteiger partial charge in [0.25, 0.3) is 5.91 Å². The molecule has 1 aliphatic rings. The summed E-state index contributed by atoms with van der Waals surface area (Å²) in [6.07, 6.45) is 0. The van der Waals surface area contributed by atoms with Gasteiger partial charge in [-0.15, -0.1) is 0 Å². The second-order valence-electron chi connectivity index (χ2n) is 6.94. The van der Waals surface area contributed by atoms with Crippen molar-refractivity contribution < 1.29 is 19.0 Å². The number of carbonyl (C=O) groups excluding carboxylic acids is 1. The molecule has 2 aromatic carbocycles. The molecular weight excluding hydrogens is 438 g/mol. The average molecular weight is 462 g/mol. The first-order chi connectivity index (χ1) is 14.8. The largest absolute Gasteiger partial charge is 0.496 e. The number of methoxy groups -OCH3 is 3. The van der Waals surface area contributed by atoms with E-state index in [9.17, 15) is 4.79 Å². The van der Waals surface area contributed by atoms with Crippen LogP contribution in [0.15, 0.2) is 41.6 Å². The van der Waals surface area contributed by atoms with Crippen LogP contribution in [0.1, 0.15) is 24.1 Å². The van der Waals surface area contributed by atoms with Crippen LogP contribution in [-0.4, -0.2) is 32.3 Å². The molecule has 0 bridgehead atoms. The minimum Gasteiger partial charge on any atom is -0.496 e. The number of aryl methyl sites for hydroxylation is 1. The Morgan fingerprint density at radius 1 is 1.03 bits per heavy atom. The van der Waals surface area contributed by atoms with Gasteiger partial charge in [-0.3, -0.25) is 4.79 Å². The van der Waals surface area contributed by atoms with Crippen molar-refractivity contribution in [1.29, 1.82) is 0 Å². The molecule has 31 heavy (non-hydrogen) atoms. The number of benzene rings is 2. The predicted octanol–water partition coefficient (Wildman–Crippen LogP) is 4.11. The summed E-state index contributed by atoms with van der Waals surface area (Å²) in [5.41, 5.74) is 3.27. The first kappa shape index (κ1) is 22.7. The zero-order chi connectivity index (χ0) is 22.7. The van der Waals surface area contributed by atoms with Gasteiger partial charge in [-0.2, -0.15) is 0 Å². The van der Waals surface area contributed by atoms with Gasteiger partial charge in [0.15, 0.2) is 16.6 Å². The highest BCUT2D eigenvalue weighted by molar-refractivity contribution is 7.80. The molecule has 1 amide bonds. The molecule has 1 aliphatic heterocycles. The van der Waals surface area contributed by atoms with Gasteiger partial charge in [0.1, 0.15) is 5.75 Å². The van der Waals surface area contributed by atoms with Crippen LogP contribution in [0.3, 0.4) is 0 Å². The number of ether oxygens (including phenoxy) is 3. The number of carbonyl (C=O) groups is 1. The van der Waals surface area contributed by atoms with Crippen molar-refractivity contribution in [3.05, 3.63) is 57.8 Å². The zero-order valence-corrected chi connectivity index (χ0v) is 19.5. The molecule has 1 heterocycles. The summed E-state index contributed by atoms with van der Waals surface area (Å²) in [5, 5.41) is 10.1. The molecule has 0 radical (unpaired) electrons. The number of hydrogen-bond donors (Lipinski definition) is 3. The van der Waals surface area contributed by atoms with Gasteiger partial charge < -0.3 is 30.2 Å². The fourth-order valence-electron chi connectivity index (χ4n) is 3.38. The van der Waals surface area contributed by atoms with E-state index in [1.54, 1.807) is 52.5 Å². The summed E-state index contributed by atoms with van der Waals surface area (Å²) < 4.78 is 16.4. The van der Waals surface area contributed by atoms with E-state index in [0.29, 0.717) is 49.9 Å². The average Bonchev–Trinajstić information content (AvgIpc) is 2.74. The number of thiocarbonyl (C=S) groups is 1. The lowest BCUT2D eigenvalue weighted by atomic mass is 9.93. The maximum Gasteiger partial charge on any atom is 0.255 e. The Bertz CT molecular complexity index is 1070.